The van der Waals surface area contributed by atoms with Gasteiger partial charge >= 0.3 is 0 Å². The van der Waals surface area contributed by atoms with E-state index in [9.17, 15) is 19.2 Å². The lowest BCUT2D eigenvalue weighted by Gasteiger charge is -2.22. The van der Waals surface area contributed by atoms with Crippen molar-refractivity contribution in [3.8, 4) is 0 Å². The zero-order valence-corrected chi connectivity index (χ0v) is 9.32. The van der Waals surface area contributed by atoms with Crippen molar-refractivity contribution in [3.63, 3.8) is 0 Å². The fourth-order valence-corrected chi connectivity index (χ4v) is 1.51. The van der Waals surface area contributed by atoms with Crippen LogP contribution in [0, 0.1) is 0 Å². The van der Waals surface area contributed by atoms with Crippen LogP contribution in [0.5, 0.6) is 0 Å². The third kappa shape index (κ3) is 4.62. The highest BCUT2D eigenvalue weighted by Crippen LogP contribution is 2.07. The van der Waals surface area contributed by atoms with Crippen molar-refractivity contribution < 1.29 is 19.2 Å². The van der Waals surface area contributed by atoms with Crippen LogP contribution in [0.4, 0.5) is 0 Å². The Labute approximate surface area is 98.3 Å². The molecule has 1 saturated heterocycles. The van der Waals surface area contributed by atoms with Crippen LogP contribution in [0.15, 0.2) is 0 Å². The van der Waals surface area contributed by atoms with Gasteiger partial charge in [-0.1, -0.05) is 0 Å². The molecule has 0 aromatic rings. The Morgan fingerprint density at radius 3 is 2.82 bits per heavy atom. The van der Waals surface area contributed by atoms with Crippen molar-refractivity contribution in [2.45, 2.75) is 25.3 Å². The van der Waals surface area contributed by atoms with E-state index in [1.54, 1.807) is 0 Å². The smallest absolute Gasteiger partial charge is 0.243 e. The van der Waals surface area contributed by atoms with Crippen molar-refractivity contribution in [3.05, 3.63) is 0 Å². The van der Waals surface area contributed by atoms with E-state index in [-0.39, 0.29) is 24.9 Å². The summed E-state index contributed by atoms with van der Waals surface area (Å²) < 4.78 is 0. The van der Waals surface area contributed by atoms with Crippen molar-refractivity contribution in [1.29, 1.82) is 0 Å². The molecule has 0 aromatic carbocycles. The Morgan fingerprint density at radius 2 is 2.18 bits per heavy atom. The maximum Gasteiger partial charge on any atom is 0.243 e. The lowest BCUT2D eigenvalue weighted by Crippen LogP contribution is -2.50. The molecule has 3 N–H and O–H groups in total. The SMILES string of the molecule is O=CCNC(=O)CNC(=O)C1CCCC(=O)N1. The Balaban J connectivity index is 2.26. The van der Waals surface area contributed by atoms with Gasteiger partial charge in [-0.2, -0.15) is 0 Å². The minimum Gasteiger partial charge on any atom is -0.348 e. The van der Waals surface area contributed by atoms with Crippen molar-refractivity contribution >= 4 is 24.0 Å². The van der Waals surface area contributed by atoms with E-state index in [2.05, 4.69) is 16.0 Å². The summed E-state index contributed by atoms with van der Waals surface area (Å²) in [6.45, 7) is -0.270. The fourth-order valence-electron chi connectivity index (χ4n) is 1.51. The Hall–Kier alpha value is -1.92. The highest BCUT2D eigenvalue weighted by Gasteiger charge is 2.24. The Bertz CT molecular complexity index is 330. The van der Waals surface area contributed by atoms with Crippen LogP contribution in [0.25, 0.3) is 0 Å². The molecule has 3 amide bonds. The first kappa shape index (κ1) is 13.1. The second kappa shape index (κ2) is 6.62. The fraction of sp³-hybridized carbons (Fsp3) is 0.600. The Kier molecular flexibility index (Phi) is 5.12. The molecule has 0 saturated carbocycles. The summed E-state index contributed by atoms with van der Waals surface area (Å²) in [6.07, 6.45) is 2.24. The van der Waals surface area contributed by atoms with Crippen LogP contribution >= 0.6 is 0 Å². The maximum absolute atomic E-state index is 11.5. The molecule has 1 aliphatic rings. The number of aldehydes is 1. The average molecular weight is 241 g/mol. The van der Waals surface area contributed by atoms with Crippen LogP contribution < -0.4 is 16.0 Å². The predicted octanol–water partition coefficient (Wildman–Crippen LogP) is -1.91. The van der Waals surface area contributed by atoms with Crippen LogP contribution in [0.2, 0.25) is 0 Å². The zero-order valence-electron chi connectivity index (χ0n) is 9.32. The molecule has 0 bridgehead atoms. The van der Waals surface area contributed by atoms with Gasteiger partial charge in [-0.25, -0.2) is 0 Å². The van der Waals surface area contributed by atoms with E-state index >= 15 is 0 Å². The van der Waals surface area contributed by atoms with Crippen molar-refractivity contribution in [1.82, 2.24) is 16.0 Å². The number of piperidine rings is 1. The van der Waals surface area contributed by atoms with Gasteiger partial charge in [0.15, 0.2) is 0 Å². The molecule has 1 rings (SSSR count). The highest BCUT2D eigenvalue weighted by molar-refractivity contribution is 5.91. The minimum atomic E-state index is -0.560. The summed E-state index contributed by atoms with van der Waals surface area (Å²) in [4.78, 5) is 43.7. The highest BCUT2D eigenvalue weighted by atomic mass is 16.2. The topological polar surface area (TPSA) is 104 Å². The van der Waals surface area contributed by atoms with Crippen LogP contribution in [-0.2, 0) is 19.2 Å². The van der Waals surface area contributed by atoms with Crippen LogP contribution in [0.3, 0.4) is 0 Å². The van der Waals surface area contributed by atoms with E-state index in [1.165, 1.54) is 0 Å². The summed E-state index contributed by atoms with van der Waals surface area (Å²) in [7, 11) is 0. The first-order valence-electron chi connectivity index (χ1n) is 5.41. The molecule has 1 atom stereocenters. The van der Waals surface area contributed by atoms with Crippen LogP contribution in [-0.4, -0.2) is 43.1 Å². The van der Waals surface area contributed by atoms with E-state index < -0.39 is 11.9 Å². The lowest BCUT2D eigenvalue weighted by molar-refractivity contribution is -0.132. The molecule has 1 aliphatic heterocycles. The van der Waals surface area contributed by atoms with Gasteiger partial charge < -0.3 is 20.7 Å². The second-order valence-corrected chi connectivity index (χ2v) is 3.70. The van der Waals surface area contributed by atoms with E-state index in [0.29, 0.717) is 25.5 Å². The third-order valence-electron chi connectivity index (χ3n) is 2.35. The maximum atomic E-state index is 11.5. The molecule has 94 valence electrons. The molecule has 1 heterocycles. The van der Waals surface area contributed by atoms with Gasteiger partial charge in [0.05, 0.1) is 13.1 Å². The molecule has 7 heteroatoms. The number of nitrogens with one attached hydrogen (secondary N) is 3. The number of amides is 3. The molecular formula is C10H15N3O4. The molecule has 1 unspecified atom stereocenters. The van der Waals surface area contributed by atoms with Gasteiger partial charge in [0.1, 0.15) is 12.3 Å². The van der Waals surface area contributed by atoms with E-state index in [0.717, 1.165) is 0 Å². The molecule has 0 aromatic heterocycles. The zero-order chi connectivity index (χ0) is 12.7. The van der Waals surface area contributed by atoms with Gasteiger partial charge in [-0.15, -0.1) is 0 Å². The summed E-state index contributed by atoms with van der Waals surface area (Å²) in [6, 6.07) is -0.560. The van der Waals surface area contributed by atoms with Gasteiger partial charge in [0, 0.05) is 6.42 Å². The summed E-state index contributed by atoms with van der Waals surface area (Å²) in [5.74, 6) is -0.964. The third-order valence-corrected chi connectivity index (χ3v) is 2.35. The van der Waals surface area contributed by atoms with Crippen LogP contribution in [0.1, 0.15) is 19.3 Å². The molecule has 0 spiro atoms. The molecule has 0 radical (unpaired) electrons. The minimum absolute atomic E-state index is 0.0745. The number of hydrogen-bond donors (Lipinski definition) is 3. The summed E-state index contributed by atoms with van der Waals surface area (Å²) >= 11 is 0. The molecule has 17 heavy (non-hydrogen) atoms. The largest absolute Gasteiger partial charge is 0.348 e. The standard InChI is InChI=1S/C10H15N3O4/c14-5-4-11-9(16)6-12-10(17)7-2-1-3-8(15)13-7/h5,7H,1-4,6H2,(H,11,16)(H,12,17)(H,13,15). The van der Waals surface area contributed by atoms with Gasteiger partial charge in [-0.3, -0.25) is 14.4 Å². The molecule has 0 aliphatic carbocycles. The predicted molar refractivity (Wildman–Crippen MR) is 57.9 cm³/mol. The van der Waals surface area contributed by atoms with Gasteiger partial charge in [0.25, 0.3) is 0 Å². The number of carbonyl (C=O) groups excluding carboxylic acids is 4. The van der Waals surface area contributed by atoms with E-state index in [4.69, 9.17) is 0 Å². The second-order valence-electron chi connectivity index (χ2n) is 3.70. The molecule has 1 fully saturated rings. The first-order chi connectivity index (χ1) is 8.13. The average Bonchev–Trinajstić information content (AvgIpc) is 2.33. The van der Waals surface area contributed by atoms with Crippen molar-refractivity contribution in [2.24, 2.45) is 0 Å². The van der Waals surface area contributed by atoms with E-state index in [1.807, 2.05) is 0 Å². The summed E-state index contributed by atoms with van der Waals surface area (Å²) in [5, 5.41) is 7.23. The summed E-state index contributed by atoms with van der Waals surface area (Å²) in [5.41, 5.74) is 0. The number of carbonyl (C=O) groups is 4. The lowest BCUT2D eigenvalue weighted by atomic mass is 10.0. The molecule has 7 nitrogen and oxygen atoms in total. The first-order valence-corrected chi connectivity index (χ1v) is 5.41. The van der Waals surface area contributed by atoms with Crippen molar-refractivity contribution in [2.75, 3.05) is 13.1 Å². The van der Waals surface area contributed by atoms with Gasteiger partial charge in [-0.05, 0) is 12.8 Å². The molecular weight excluding hydrogens is 226 g/mol. The normalized spacial score (nSPS) is 19.1. The number of hydrogen-bond acceptors (Lipinski definition) is 4. The quantitative estimate of drug-likeness (QED) is 0.488. The van der Waals surface area contributed by atoms with Gasteiger partial charge in [0.2, 0.25) is 17.7 Å². The Morgan fingerprint density at radius 1 is 1.41 bits per heavy atom. The monoisotopic (exact) mass is 241 g/mol. The number of rotatable bonds is 5.